The summed E-state index contributed by atoms with van der Waals surface area (Å²) in [5.41, 5.74) is 1.79. The number of hydrogen-bond donors (Lipinski definition) is 1. The minimum absolute atomic E-state index is 0.0743. The predicted molar refractivity (Wildman–Crippen MR) is 108 cm³/mol. The number of hydrogen-bond acceptors (Lipinski definition) is 3. The van der Waals surface area contributed by atoms with Crippen LogP contribution in [0.5, 0.6) is 0 Å². The van der Waals surface area contributed by atoms with Crippen LogP contribution >= 0.6 is 11.6 Å². The van der Waals surface area contributed by atoms with Crippen molar-refractivity contribution >= 4 is 27.5 Å². The highest BCUT2D eigenvalue weighted by Crippen LogP contribution is 2.17. The molecule has 7 heteroatoms. The van der Waals surface area contributed by atoms with E-state index in [0.717, 1.165) is 11.1 Å². The van der Waals surface area contributed by atoms with Gasteiger partial charge in [0.1, 0.15) is 0 Å². The first-order chi connectivity index (χ1) is 12.9. The third-order valence-corrected chi connectivity index (χ3v) is 6.77. The Morgan fingerprint density at radius 2 is 1.67 bits per heavy atom. The molecule has 0 bridgehead atoms. The fourth-order valence-corrected chi connectivity index (χ4v) is 4.38. The Bertz CT molecular complexity index is 863. The minimum Gasteiger partial charge on any atom is -0.352 e. The van der Waals surface area contributed by atoms with Crippen molar-refractivity contribution in [2.75, 3.05) is 13.1 Å². The number of carbonyl (C=O) groups excluding carboxylic acids is 1. The van der Waals surface area contributed by atoms with E-state index >= 15 is 0 Å². The fourth-order valence-electron chi connectivity index (χ4n) is 2.72. The molecule has 0 heterocycles. The normalized spacial score (nSPS) is 11.6. The summed E-state index contributed by atoms with van der Waals surface area (Å²) in [5, 5.41) is 3.48. The minimum atomic E-state index is -3.45. The average molecular weight is 409 g/mol. The number of rotatable bonds is 9. The lowest BCUT2D eigenvalue weighted by atomic mass is 10.1. The summed E-state index contributed by atoms with van der Waals surface area (Å²) in [7, 11) is -3.45. The largest absolute Gasteiger partial charge is 0.352 e. The molecule has 27 heavy (non-hydrogen) atoms. The summed E-state index contributed by atoms with van der Waals surface area (Å²) in [4.78, 5) is 12.3. The maximum absolute atomic E-state index is 12.5. The van der Waals surface area contributed by atoms with Crippen LogP contribution < -0.4 is 5.32 Å². The first-order valence-corrected chi connectivity index (χ1v) is 10.8. The van der Waals surface area contributed by atoms with Gasteiger partial charge in [-0.1, -0.05) is 55.8 Å². The zero-order valence-electron chi connectivity index (χ0n) is 15.6. The van der Waals surface area contributed by atoms with E-state index in [-0.39, 0.29) is 10.8 Å². The number of halogens is 1. The van der Waals surface area contributed by atoms with Gasteiger partial charge >= 0.3 is 0 Å². The molecular weight excluding hydrogens is 384 g/mol. The Labute approximate surface area is 166 Å². The molecule has 0 atom stereocenters. The number of benzene rings is 2. The molecule has 0 saturated heterocycles. The van der Waals surface area contributed by atoms with Gasteiger partial charge in [-0.2, -0.15) is 4.31 Å². The second kappa shape index (κ2) is 9.88. The summed E-state index contributed by atoms with van der Waals surface area (Å²) in [6.45, 7) is 4.89. The predicted octanol–water partition coefficient (Wildman–Crippen LogP) is 3.62. The van der Waals surface area contributed by atoms with Crippen LogP contribution in [0.1, 0.15) is 31.4 Å². The van der Waals surface area contributed by atoms with Crippen molar-refractivity contribution in [3.05, 3.63) is 64.7 Å². The third-order valence-electron chi connectivity index (χ3n) is 4.34. The molecule has 1 N–H and O–H groups in total. The molecule has 5 nitrogen and oxygen atoms in total. The molecule has 0 aliphatic rings. The van der Waals surface area contributed by atoms with Crippen molar-refractivity contribution in [2.24, 2.45) is 0 Å². The molecule has 0 saturated carbocycles. The summed E-state index contributed by atoms with van der Waals surface area (Å²) in [6, 6.07) is 14.1. The number of sulfonamides is 1. The molecule has 0 aliphatic heterocycles. The van der Waals surface area contributed by atoms with E-state index in [1.807, 2.05) is 32.0 Å². The van der Waals surface area contributed by atoms with Gasteiger partial charge in [0, 0.05) is 31.1 Å². The van der Waals surface area contributed by atoms with Crippen molar-refractivity contribution in [1.82, 2.24) is 9.62 Å². The maximum atomic E-state index is 12.5. The van der Waals surface area contributed by atoms with Gasteiger partial charge in [-0.05, 0) is 35.7 Å². The number of carbonyl (C=O) groups is 1. The van der Waals surface area contributed by atoms with Gasteiger partial charge < -0.3 is 5.32 Å². The highest BCUT2D eigenvalue weighted by molar-refractivity contribution is 7.89. The SMILES string of the molecule is CCN(CC)S(=O)(=O)c1ccc(CCC(=O)NCc2ccccc2Cl)cc1. The second-order valence-electron chi connectivity index (χ2n) is 6.10. The van der Waals surface area contributed by atoms with Crippen LogP contribution in [-0.4, -0.2) is 31.7 Å². The van der Waals surface area contributed by atoms with Crippen LogP contribution in [0.2, 0.25) is 5.02 Å². The van der Waals surface area contributed by atoms with Gasteiger partial charge in [0.25, 0.3) is 0 Å². The molecule has 0 unspecified atom stereocenters. The van der Waals surface area contributed by atoms with E-state index in [9.17, 15) is 13.2 Å². The summed E-state index contributed by atoms with van der Waals surface area (Å²) >= 11 is 6.07. The van der Waals surface area contributed by atoms with Crippen molar-refractivity contribution in [1.29, 1.82) is 0 Å². The van der Waals surface area contributed by atoms with Gasteiger partial charge in [0.05, 0.1) is 4.90 Å². The van der Waals surface area contributed by atoms with E-state index in [2.05, 4.69) is 5.32 Å². The van der Waals surface area contributed by atoms with Gasteiger partial charge in [-0.15, -0.1) is 0 Å². The topological polar surface area (TPSA) is 66.5 Å². The molecule has 2 aromatic carbocycles. The van der Waals surface area contributed by atoms with E-state index in [1.165, 1.54) is 4.31 Å². The quantitative estimate of drug-likeness (QED) is 0.689. The van der Waals surface area contributed by atoms with Crippen molar-refractivity contribution in [2.45, 2.75) is 38.1 Å². The highest BCUT2D eigenvalue weighted by Gasteiger charge is 2.21. The molecule has 0 spiro atoms. The Kier molecular flexibility index (Phi) is 7.83. The number of aryl methyl sites for hydroxylation is 1. The molecule has 0 aromatic heterocycles. The molecule has 0 radical (unpaired) electrons. The van der Waals surface area contributed by atoms with Crippen LogP contribution in [0.4, 0.5) is 0 Å². The number of amides is 1. The van der Waals surface area contributed by atoms with Crippen molar-refractivity contribution in [3.63, 3.8) is 0 Å². The van der Waals surface area contributed by atoms with Crippen LogP contribution in [0, 0.1) is 0 Å². The molecule has 0 aliphatic carbocycles. The Morgan fingerprint density at radius 1 is 1.04 bits per heavy atom. The van der Waals surface area contributed by atoms with Crippen LogP contribution in [0.3, 0.4) is 0 Å². The molecule has 2 rings (SSSR count). The van der Waals surface area contributed by atoms with Crippen LogP contribution in [-0.2, 0) is 27.8 Å². The lowest BCUT2D eigenvalue weighted by Crippen LogP contribution is -2.30. The Morgan fingerprint density at radius 3 is 2.26 bits per heavy atom. The van der Waals surface area contributed by atoms with Crippen LogP contribution in [0.15, 0.2) is 53.4 Å². The second-order valence-corrected chi connectivity index (χ2v) is 8.45. The lowest BCUT2D eigenvalue weighted by Gasteiger charge is -2.18. The van der Waals surface area contributed by atoms with Gasteiger partial charge in [-0.25, -0.2) is 8.42 Å². The Balaban J connectivity index is 1.89. The molecule has 0 fully saturated rings. The summed E-state index contributed by atoms with van der Waals surface area (Å²) in [5.74, 6) is -0.0743. The molecule has 146 valence electrons. The fraction of sp³-hybridized carbons (Fsp3) is 0.350. The van der Waals surface area contributed by atoms with Gasteiger partial charge in [0.15, 0.2) is 0 Å². The van der Waals surface area contributed by atoms with E-state index in [4.69, 9.17) is 11.6 Å². The van der Waals surface area contributed by atoms with E-state index in [0.29, 0.717) is 37.5 Å². The first kappa shape index (κ1) is 21.4. The number of nitrogens with one attached hydrogen (secondary N) is 1. The Hall–Kier alpha value is -1.89. The van der Waals surface area contributed by atoms with E-state index < -0.39 is 10.0 Å². The average Bonchev–Trinajstić information content (AvgIpc) is 2.67. The molecular formula is C20H25ClN2O3S. The molecule has 2 aromatic rings. The van der Waals surface area contributed by atoms with Crippen molar-refractivity contribution in [3.8, 4) is 0 Å². The highest BCUT2D eigenvalue weighted by atomic mass is 35.5. The zero-order chi connectivity index (χ0) is 19.9. The third kappa shape index (κ3) is 5.79. The maximum Gasteiger partial charge on any atom is 0.243 e. The monoisotopic (exact) mass is 408 g/mol. The first-order valence-electron chi connectivity index (χ1n) is 8.97. The standard InChI is InChI=1S/C20H25ClN2O3S/c1-3-23(4-2)27(25,26)18-12-9-16(10-13-18)11-14-20(24)22-15-17-7-5-6-8-19(17)21/h5-10,12-13H,3-4,11,14-15H2,1-2H3,(H,22,24). The molecule has 1 amide bonds. The van der Waals surface area contributed by atoms with Gasteiger partial charge in [-0.3, -0.25) is 4.79 Å². The zero-order valence-corrected chi connectivity index (χ0v) is 17.2. The lowest BCUT2D eigenvalue weighted by molar-refractivity contribution is -0.121. The van der Waals surface area contributed by atoms with Gasteiger partial charge in [0.2, 0.25) is 15.9 Å². The van der Waals surface area contributed by atoms with Crippen molar-refractivity contribution < 1.29 is 13.2 Å². The van der Waals surface area contributed by atoms with E-state index in [1.54, 1.807) is 30.3 Å². The number of nitrogens with zero attached hydrogens (tertiary/aromatic N) is 1. The summed E-state index contributed by atoms with van der Waals surface area (Å²) in [6.07, 6.45) is 0.868. The van der Waals surface area contributed by atoms with Crippen LogP contribution in [0.25, 0.3) is 0 Å². The smallest absolute Gasteiger partial charge is 0.243 e. The summed E-state index contributed by atoms with van der Waals surface area (Å²) < 4.78 is 26.4.